The summed E-state index contributed by atoms with van der Waals surface area (Å²) in [6, 6.07) is 5.12. The molecule has 0 aliphatic rings. The van der Waals surface area contributed by atoms with Crippen molar-refractivity contribution in [2.75, 3.05) is 18.2 Å². The summed E-state index contributed by atoms with van der Waals surface area (Å²) < 4.78 is 6.77. The lowest BCUT2D eigenvalue weighted by Gasteiger charge is -2.09. The Labute approximate surface area is 117 Å². The Morgan fingerprint density at radius 1 is 1.40 bits per heavy atom. The minimum Gasteiger partial charge on any atom is -0.495 e. The number of nitrogens with zero attached hydrogens (tertiary/aromatic N) is 2. The zero-order valence-electron chi connectivity index (χ0n) is 12.0. The second-order valence-electron chi connectivity index (χ2n) is 4.58. The van der Waals surface area contributed by atoms with E-state index in [4.69, 9.17) is 10.5 Å². The Morgan fingerprint density at radius 2 is 2.10 bits per heavy atom. The van der Waals surface area contributed by atoms with Crippen LogP contribution in [0.4, 0.5) is 11.4 Å². The monoisotopic (exact) mass is 274 g/mol. The Kier molecular flexibility index (Phi) is 3.65. The first kappa shape index (κ1) is 13.9. The molecule has 0 atom stereocenters. The third kappa shape index (κ3) is 2.45. The molecule has 1 heterocycles. The second-order valence-corrected chi connectivity index (χ2v) is 4.58. The summed E-state index contributed by atoms with van der Waals surface area (Å²) in [5.74, 6) is 0.384. The second kappa shape index (κ2) is 5.24. The van der Waals surface area contributed by atoms with Crippen LogP contribution in [0.15, 0.2) is 18.2 Å². The number of carbonyl (C=O) groups excluding carboxylic acids is 1. The van der Waals surface area contributed by atoms with Gasteiger partial charge >= 0.3 is 0 Å². The highest BCUT2D eigenvalue weighted by Crippen LogP contribution is 2.25. The number of ether oxygens (including phenoxy) is 1. The van der Waals surface area contributed by atoms with Crippen LogP contribution in [-0.2, 0) is 7.05 Å². The molecule has 0 unspecified atom stereocenters. The van der Waals surface area contributed by atoms with Crippen molar-refractivity contribution in [3.05, 3.63) is 35.2 Å². The molecule has 0 radical (unpaired) electrons. The van der Waals surface area contributed by atoms with E-state index in [0.717, 1.165) is 5.69 Å². The van der Waals surface area contributed by atoms with Gasteiger partial charge in [0.25, 0.3) is 5.91 Å². The Morgan fingerprint density at radius 3 is 2.60 bits per heavy atom. The van der Waals surface area contributed by atoms with Gasteiger partial charge in [-0.15, -0.1) is 0 Å². The molecule has 0 bridgehead atoms. The number of nitrogens with one attached hydrogen (secondary N) is 1. The van der Waals surface area contributed by atoms with Crippen LogP contribution in [0.2, 0.25) is 0 Å². The molecule has 6 heteroatoms. The molecule has 0 aliphatic carbocycles. The van der Waals surface area contributed by atoms with Crippen LogP contribution >= 0.6 is 0 Å². The van der Waals surface area contributed by atoms with Gasteiger partial charge in [-0.25, -0.2) is 0 Å². The van der Waals surface area contributed by atoms with Gasteiger partial charge in [-0.1, -0.05) is 0 Å². The van der Waals surface area contributed by atoms with Crippen molar-refractivity contribution in [2.24, 2.45) is 7.05 Å². The normalized spacial score (nSPS) is 10.4. The maximum Gasteiger partial charge on any atom is 0.259 e. The van der Waals surface area contributed by atoms with Gasteiger partial charge in [0.2, 0.25) is 0 Å². The van der Waals surface area contributed by atoms with Crippen LogP contribution in [0.3, 0.4) is 0 Å². The van der Waals surface area contributed by atoms with Crippen molar-refractivity contribution in [2.45, 2.75) is 13.8 Å². The van der Waals surface area contributed by atoms with Gasteiger partial charge in [0.15, 0.2) is 0 Å². The van der Waals surface area contributed by atoms with Crippen molar-refractivity contribution < 1.29 is 9.53 Å². The molecule has 2 aromatic rings. The number of methoxy groups -OCH3 is 1. The van der Waals surface area contributed by atoms with E-state index >= 15 is 0 Å². The molecular weight excluding hydrogens is 256 g/mol. The quantitative estimate of drug-likeness (QED) is 0.837. The number of aromatic nitrogens is 2. The van der Waals surface area contributed by atoms with E-state index in [-0.39, 0.29) is 5.91 Å². The summed E-state index contributed by atoms with van der Waals surface area (Å²) in [5, 5.41) is 7.05. The number of benzene rings is 1. The van der Waals surface area contributed by atoms with Crippen molar-refractivity contribution in [1.29, 1.82) is 0 Å². The van der Waals surface area contributed by atoms with E-state index < -0.39 is 0 Å². The number of hydrogen-bond acceptors (Lipinski definition) is 4. The molecule has 0 spiro atoms. The molecule has 6 nitrogen and oxygen atoms in total. The molecule has 0 fully saturated rings. The van der Waals surface area contributed by atoms with Gasteiger partial charge in [0.05, 0.1) is 24.1 Å². The highest BCUT2D eigenvalue weighted by molar-refractivity contribution is 6.06. The lowest BCUT2D eigenvalue weighted by atomic mass is 10.1. The molecule has 0 aliphatic heterocycles. The third-order valence-corrected chi connectivity index (χ3v) is 3.22. The van der Waals surface area contributed by atoms with E-state index in [0.29, 0.717) is 28.4 Å². The third-order valence-electron chi connectivity index (χ3n) is 3.22. The predicted octanol–water partition coefficient (Wildman–Crippen LogP) is 1.88. The van der Waals surface area contributed by atoms with Gasteiger partial charge in [-0.2, -0.15) is 5.10 Å². The lowest BCUT2D eigenvalue weighted by molar-refractivity contribution is 0.102. The summed E-state index contributed by atoms with van der Waals surface area (Å²) in [6.45, 7) is 3.67. The maximum atomic E-state index is 12.3. The Bertz CT molecular complexity index is 661. The number of nitrogen functional groups attached to an aromatic ring is 1. The number of hydrogen-bond donors (Lipinski definition) is 2. The highest BCUT2D eigenvalue weighted by Gasteiger charge is 2.17. The van der Waals surface area contributed by atoms with Gasteiger partial charge in [0.1, 0.15) is 5.75 Å². The SMILES string of the molecule is COc1ccc(NC(=O)c2c(C)nn(C)c2C)cc1N. The molecule has 2 rings (SSSR count). The number of anilines is 2. The molecular formula is C14H18N4O2. The molecule has 20 heavy (non-hydrogen) atoms. The van der Waals surface area contributed by atoms with Crippen molar-refractivity contribution in [1.82, 2.24) is 9.78 Å². The summed E-state index contributed by atoms with van der Waals surface area (Å²) in [4.78, 5) is 12.3. The van der Waals surface area contributed by atoms with Crippen molar-refractivity contribution in [3.63, 3.8) is 0 Å². The van der Waals surface area contributed by atoms with E-state index in [9.17, 15) is 4.79 Å². The zero-order valence-corrected chi connectivity index (χ0v) is 12.0. The number of carbonyl (C=O) groups is 1. The fourth-order valence-electron chi connectivity index (χ4n) is 2.11. The number of rotatable bonds is 3. The topological polar surface area (TPSA) is 82.2 Å². The lowest BCUT2D eigenvalue weighted by Crippen LogP contribution is -2.14. The van der Waals surface area contributed by atoms with Crippen LogP contribution in [0, 0.1) is 13.8 Å². The summed E-state index contributed by atoms with van der Waals surface area (Å²) in [7, 11) is 3.36. The van der Waals surface area contributed by atoms with Crippen LogP contribution in [0.25, 0.3) is 0 Å². The van der Waals surface area contributed by atoms with E-state index in [2.05, 4.69) is 10.4 Å². The van der Waals surface area contributed by atoms with Crippen molar-refractivity contribution >= 4 is 17.3 Å². The standard InChI is InChI=1S/C14H18N4O2/c1-8-13(9(2)18(3)17-8)14(19)16-10-5-6-12(20-4)11(15)7-10/h5-7H,15H2,1-4H3,(H,16,19). The first-order chi connectivity index (χ1) is 9.43. The Hall–Kier alpha value is -2.50. The number of nitrogens with two attached hydrogens (primary N) is 1. The van der Waals surface area contributed by atoms with Gasteiger partial charge in [-0.3, -0.25) is 9.48 Å². The average Bonchev–Trinajstić information content (AvgIpc) is 2.63. The summed E-state index contributed by atoms with van der Waals surface area (Å²) in [6.07, 6.45) is 0. The number of aryl methyl sites for hydroxylation is 2. The molecule has 3 N–H and O–H groups in total. The minimum atomic E-state index is -0.197. The molecule has 1 aromatic heterocycles. The average molecular weight is 274 g/mol. The first-order valence-corrected chi connectivity index (χ1v) is 6.19. The molecule has 0 saturated heterocycles. The maximum absolute atomic E-state index is 12.3. The minimum absolute atomic E-state index is 0.197. The van der Waals surface area contributed by atoms with Gasteiger partial charge in [-0.05, 0) is 32.0 Å². The van der Waals surface area contributed by atoms with E-state index in [1.165, 1.54) is 0 Å². The number of amides is 1. The molecule has 106 valence electrons. The van der Waals surface area contributed by atoms with Crippen LogP contribution in [0.5, 0.6) is 5.75 Å². The van der Waals surface area contributed by atoms with Crippen LogP contribution in [0.1, 0.15) is 21.7 Å². The van der Waals surface area contributed by atoms with Crippen LogP contribution < -0.4 is 15.8 Å². The Balaban J connectivity index is 2.26. The largest absolute Gasteiger partial charge is 0.495 e. The first-order valence-electron chi connectivity index (χ1n) is 6.19. The fraction of sp³-hybridized carbons (Fsp3) is 0.286. The molecule has 1 aromatic carbocycles. The smallest absolute Gasteiger partial charge is 0.259 e. The van der Waals surface area contributed by atoms with E-state index in [1.807, 2.05) is 20.9 Å². The summed E-state index contributed by atoms with van der Waals surface area (Å²) in [5.41, 5.74) is 9.02. The van der Waals surface area contributed by atoms with Crippen molar-refractivity contribution in [3.8, 4) is 5.75 Å². The highest BCUT2D eigenvalue weighted by atomic mass is 16.5. The van der Waals surface area contributed by atoms with E-state index in [1.54, 1.807) is 30.0 Å². The predicted molar refractivity (Wildman–Crippen MR) is 78.0 cm³/mol. The molecule has 0 saturated carbocycles. The van der Waals surface area contributed by atoms with Gasteiger partial charge in [0, 0.05) is 18.4 Å². The zero-order chi connectivity index (χ0) is 14.9. The molecule has 1 amide bonds. The van der Waals surface area contributed by atoms with Crippen LogP contribution in [-0.4, -0.2) is 22.8 Å². The van der Waals surface area contributed by atoms with Gasteiger partial charge < -0.3 is 15.8 Å². The fourth-order valence-corrected chi connectivity index (χ4v) is 2.11. The summed E-state index contributed by atoms with van der Waals surface area (Å²) >= 11 is 0.